The van der Waals surface area contributed by atoms with E-state index in [9.17, 15) is 14.4 Å². The first-order valence-electron chi connectivity index (χ1n) is 10.6. The van der Waals surface area contributed by atoms with Crippen LogP contribution in [0, 0.1) is 0 Å². The fourth-order valence-electron chi connectivity index (χ4n) is 4.42. The van der Waals surface area contributed by atoms with Crippen molar-refractivity contribution >= 4 is 23.5 Å². The SMILES string of the molecule is O=C(NCc1ccc2c(c1)OCO2)Nc1ccc2c(c1)C(=O)N(C1CCCCC1)C2=O. The van der Waals surface area contributed by atoms with Crippen molar-refractivity contribution in [2.45, 2.75) is 44.7 Å². The van der Waals surface area contributed by atoms with Crippen molar-refractivity contribution in [1.82, 2.24) is 10.2 Å². The van der Waals surface area contributed by atoms with Gasteiger partial charge in [-0.05, 0) is 48.7 Å². The molecule has 5 rings (SSSR count). The van der Waals surface area contributed by atoms with E-state index in [4.69, 9.17) is 9.47 Å². The Bertz CT molecular complexity index is 1060. The molecule has 0 unspecified atom stereocenters. The monoisotopic (exact) mass is 421 g/mol. The Kier molecular flexibility index (Phi) is 4.97. The molecule has 2 aliphatic heterocycles. The molecule has 4 amide bonds. The molecule has 0 saturated heterocycles. The number of anilines is 1. The summed E-state index contributed by atoms with van der Waals surface area (Å²) in [6.07, 6.45) is 4.94. The highest BCUT2D eigenvalue weighted by Crippen LogP contribution is 2.33. The molecule has 0 spiro atoms. The van der Waals surface area contributed by atoms with Crippen molar-refractivity contribution < 1.29 is 23.9 Å². The third-order valence-corrected chi connectivity index (χ3v) is 6.01. The predicted molar refractivity (Wildman–Crippen MR) is 112 cm³/mol. The highest BCUT2D eigenvalue weighted by Gasteiger charge is 2.40. The lowest BCUT2D eigenvalue weighted by atomic mass is 9.94. The zero-order valence-electron chi connectivity index (χ0n) is 17.0. The van der Waals surface area contributed by atoms with Crippen molar-refractivity contribution in [1.29, 1.82) is 0 Å². The second-order valence-electron chi connectivity index (χ2n) is 8.03. The van der Waals surface area contributed by atoms with Crippen LogP contribution in [0.3, 0.4) is 0 Å². The maximum absolute atomic E-state index is 12.9. The van der Waals surface area contributed by atoms with Gasteiger partial charge in [0.1, 0.15) is 0 Å². The molecule has 3 aliphatic rings. The Hall–Kier alpha value is -3.55. The molecule has 2 aromatic carbocycles. The number of carbonyl (C=O) groups is 3. The first-order chi connectivity index (χ1) is 15.1. The summed E-state index contributed by atoms with van der Waals surface area (Å²) in [5.74, 6) is 0.846. The van der Waals surface area contributed by atoms with Gasteiger partial charge in [0.25, 0.3) is 11.8 Å². The first-order valence-corrected chi connectivity index (χ1v) is 10.6. The lowest BCUT2D eigenvalue weighted by molar-refractivity contribution is 0.0549. The number of hydrogen-bond acceptors (Lipinski definition) is 5. The number of benzene rings is 2. The van der Waals surface area contributed by atoms with E-state index in [1.807, 2.05) is 12.1 Å². The normalized spacial score (nSPS) is 17.6. The fourth-order valence-corrected chi connectivity index (χ4v) is 4.42. The molecule has 2 aromatic rings. The first kappa shape index (κ1) is 19.4. The zero-order chi connectivity index (χ0) is 21.4. The Labute approximate surface area is 179 Å². The summed E-state index contributed by atoms with van der Waals surface area (Å²) >= 11 is 0. The number of imide groups is 1. The predicted octanol–water partition coefficient (Wildman–Crippen LogP) is 3.67. The van der Waals surface area contributed by atoms with Gasteiger partial charge in [-0.1, -0.05) is 25.3 Å². The van der Waals surface area contributed by atoms with Crippen molar-refractivity contribution in [3.05, 3.63) is 53.1 Å². The lowest BCUT2D eigenvalue weighted by Gasteiger charge is -2.29. The zero-order valence-corrected chi connectivity index (χ0v) is 17.0. The van der Waals surface area contributed by atoms with Crippen LogP contribution < -0.4 is 20.1 Å². The van der Waals surface area contributed by atoms with Crippen molar-refractivity contribution in [3.8, 4) is 11.5 Å². The number of fused-ring (bicyclic) bond motifs is 2. The average molecular weight is 421 g/mol. The van der Waals surface area contributed by atoms with E-state index >= 15 is 0 Å². The molecule has 1 aliphatic carbocycles. The van der Waals surface area contributed by atoms with Gasteiger partial charge in [-0.25, -0.2) is 4.79 Å². The quantitative estimate of drug-likeness (QED) is 0.735. The van der Waals surface area contributed by atoms with Crippen LogP contribution in [-0.4, -0.2) is 35.6 Å². The molecule has 8 heteroatoms. The summed E-state index contributed by atoms with van der Waals surface area (Å²) in [6.45, 7) is 0.505. The highest BCUT2D eigenvalue weighted by molar-refractivity contribution is 6.22. The van der Waals surface area contributed by atoms with E-state index in [1.54, 1.807) is 24.3 Å². The van der Waals surface area contributed by atoms with Gasteiger partial charge < -0.3 is 20.1 Å². The minimum absolute atomic E-state index is 0.0254. The van der Waals surface area contributed by atoms with E-state index in [0.717, 1.165) is 37.7 Å². The standard InChI is InChI=1S/C23H23N3O5/c27-21-17-8-7-15(11-18(17)22(28)26(21)16-4-2-1-3-5-16)25-23(29)24-12-14-6-9-19-20(10-14)31-13-30-19/h6-11,16H,1-5,12-13H2,(H2,24,25,29). The van der Waals surface area contributed by atoms with Crippen LogP contribution >= 0.6 is 0 Å². The van der Waals surface area contributed by atoms with E-state index in [-0.39, 0.29) is 24.6 Å². The molecule has 0 bridgehead atoms. The molecule has 1 fully saturated rings. The molecule has 8 nitrogen and oxygen atoms in total. The third kappa shape index (κ3) is 3.69. The molecule has 2 heterocycles. The lowest BCUT2D eigenvalue weighted by Crippen LogP contribution is -2.40. The van der Waals surface area contributed by atoms with Gasteiger partial charge in [0.15, 0.2) is 11.5 Å². The van der Waals surface area contributed by atoms with Crippen molar-refractivity contribution in [2.24, 2.45) is 0 Å². The minimum Gasteiger partial charge on any atom is -0.454 e. The summed E-state index contributed by atoms with van der Waals surface area (Å²) in [4.78, 5) is 39.4. The number of ether oxygens (including phenoxy) is 2. The van der Waals surface area contributed by atoms with Gasteiger partial charge in [-0.2, -0.15) is 0 Å². The number of nitrogens with zero attached hydrogens (tertiary/aromatic N) is 1. The van der Waals surface area contributed by atoms with Crippen LogP contribution in [0.25, 0.3) is 0 Å². The van der Waals surface area contributed by atoms with E-state index in [2.05, 4.69) is 10.6 Å². The maximum Gasteiger partial charge on any atom is 0.319 e. The molecule has 0 radical (unpaired) electrons. The number of urea groups is 1. The van der Waals surface area contributed by atoms with Crippen LogP contribution in [0.1, 0.15) is 58.4 Å². The summed E-state index contributed by atoms with van der Waals surface area (Å²) in [5.41, 5.74) is 2.09. The van der Waals surface area contributed by atoms with Gasteiger partial charge in [0, 0.05) is 18.3 Å². The van der Waals surface area contributed by atoms with E-state index < -0.39 is 6.03 Å². The van der Waals surface area contributed by atoms with Crippen LogP contribution in [-0.2, 0) is 6.54 Å². The van der Waals surface area contributed by atoms with Crippen molar-refractivity contribution in [3.63, 3.8) is 0 Å². The number of rotatable bonds is 4. The van der Waals surface area contributed by atoms with Gasteiger partial charge in [-0.3, -0.25) is 14.5 Å². The largest absolute Gasteiger partial charge is 0.454 e. The number of amides is 4. The molecule has 160 valence electrons. The molecular weight excluding hydrogens is 398 g/mol. The number of carbonyl (C=O) groups excluding carboxylic acids is 3. The fraction of sp³-hybridized carbons (Fsp3) is 0.348. The minimum atomic E-state index is -0.404. The van der Waals surface area contributed by atoms with Crippen LogP contribution in [0.4, 0.5) is 10.5 Å². The van der Waals surface area contributed by atoms with E-state index in [0.29, 0.717) is 34.9 Å². The van der Waals surface area contributed by atoms with Crippen LogP contribution in [0.15, 0.2) is 36.4 Å². The van der Waals surface area contributed by atoms with Crippen LogP contribution in [0.5, 0.6) is 11.5 Å². The number of nitrogens with one attached hydrogen (secondary N) is 2. The summed E-state index contributed by atoms with van der Waals surface area (Å²) in [7, 11) is 0. The molecule has 31 heavy (non-hydrogen) atoms. The second kappa shape index (κ2) is 7.94. The Morgan fingerprint density at radius 1 is 0.935 bits per heavy atom. The Morgan fingerprint density at radius 2 is 1.71 bits per heavy atom. The summed E-state index contributed by atoms with van der Waals surface area (Å²) < 4.78 is 10.6. The smallest absolute Gasteiger partial charge is 0.319 e. The van der Waals surface area contributed by atoms with Gasteiger partial charge >= 0.3 is 6.03 Å². The molecular formula is C23H23N3O5. The Morgan fingerprint density at radius 3 is 2.55 bits per heavy atom. The topological polar surface area (TPSA) is 97.0 Å². The van der Waals surface area contributed by atoms with Gasteiger partial charge in [-0.15, -0.1) is 0 Å². The Balaban J connectivity index is 1.23. The van der Waals surface area contributed by atoms with Gasteiger partial charge in [0.05, 0.1) is 11.1 Å². The molecule has 0 aromatic heterocycles. The molecule has 2 N–H and O–H groups in total. The number of hydrogen-bond donors (Lipinski definition) is 2. The third-order valence-electron chi connectivity index (χ3n) is 6.01. The maximum atomic E-state index is 12.9. The molecule has 0 atom stereocenters. The van der Waals surface area contributed by atoms with Gasteiger partial charge in [0.2, 0.25) is 6.79 Å². The van der Waals surface area contributed by atoms with E-state index in [1.165, 1.54) is 4.90 Å². The molecule has 1 saturated carbocycles. The van der Waals surface area contributed by atoms with Crippen LogP contribution in [0.2, 0.25) is 0 Å². The average Bonchev–Trinajstić information content (AvgIpc) is 3.35. The highest BCUT2D eigenvalue weighted by atomic mass is 16.7. The summed E-state index contributed by atoms with van der Waals surface area (Å²) in [6, 6.07) is 9.90. The second-order valence-corrected chi connectivity index (χ2v) is 8.03. The van der Waals surface area contributed by atoms with Crippen molar-refractivity contribution in [2.75, 3.05) is 12.1 Å². The summed E-state index contributed by atoms with van der Waals surface area (Å²) in [5, 5.41) is 5.51.